The summed E-state index contributed by atoms with van der Waals surface area (Å²) < 4.78 is 36.3. The molecule has 0 aliphatic carbocycles. The number of phenolic OH excluding ortho intramolecular Hbond substituents is 1. The summed E-state index contributed by atoms with van der Waals surface area (Å²) >= 11 is 0. The molecular formula is C17H10F2O5. The van der Waals surface area contributed by atoms with Gasteiger partial charge in [-0.05, 0) is 24.3 Å². The van der Waals surface area contributed by atoms with Gasteiger partial charge in [-0.1, -0.05) is 0 Å². The molecule has 1 aromatic heterocycles. The predicted molar refractivity (Wildman–Crippen MR) is 79.6 cm³/mol. The van der Waals surface area contributed by atoms with Gasteiger partial charge >= 0.3 is 11.6 Å². The number of fused-ring (bicyclic) bond motifs is 1. The van der Waals surface area contributed by atoms with Gasteiger partial charge in [-0.25, -0.2) is 18.4 Å². The van der Waals surface area contributed by atoms with Crippen LogP contribution in [0.25, 0.3) is 11.0 Å². The number of hydrogen-bond donors (Lipinski definition) is 1. The summed E-state index contributed by atoms with van der Waals surface area (Å²) in [4.78, 5) is 23.4. The van der Waals surface area contributed by atoms with Crippen LogP contribution in [0.4, 0.5) is 8.78 Å². The molecule has 1 heterocycles. The topological polar surface area (TPSA) is 76.7 Å². The van der Waals surface area contributed by atoms with Gasteiger partial charge in [0.2, 0.25) is 0 Å². The van der Waals surface area contributed by atoms with Gasteiger partial charge in [-0.15, -0.1) is 0 Å². The Kier molecular flexibility index (Phi) is 3.99. The molecule has 0 amide bonds. The third kappa shape index (κ3) is 3.10. The second kappa shape index (κ2) is 6.11. The molecule has 0 fully saturated rings. The van der Waals surface area contributed by atoms with Crippen molar-refractivity contribution in [2.45, 2.75) is 6.61 Å². The summed E-state index contributed by atoms with van der Waals surface area (Å²) in [6.45, 7) is -0.317. The van der Waals surface area contributed by atoms with Crippen molar-refractivity contribution >= 4 is 16.9 Å². The second-order valence-electron chi connectivity index (χ2n) is 4.97. The lowest BCUT2D eigenvalue weighted by atomic mass is 10.1. The lowest BCUT2D eigenvalue weighted by molar-refractivity contribution is 0.0468. The normalized spacial score (nSPS) is 10.8. The first-order valence-electron chi connectivity index (χ1n) is 6.82. The Hall–Kier alpha value is -3.22. The number of rotatable bonds is 3. The molecule has 2 aromatic carbocycles. The number of phenols is 1. The fraction of sp³-hybridized carbons (Fsp3) is 0.0588. The van der Waals surface area contributed by atoms with Crippen LogP contribution >= 0.6 is 0 Å². The highest BCUT2D eigenvalue weighted by Gasteiger charge is 2.15. The Morgan fingerprint density at radius 3 is 2.67 bits per heavy atom. The van der Waals surface area contributed by atoms with Crippen LogP contribution in [-0.4, -0.2) is 11.1 Å². The average molecular weight is 332 g/mol. The van der Waals surface area contributed by atoms with E-state index in [4.69, 9.17) is 9.15 Å². The Balaban J connectivity index is 1.88. The number of carbonyl (C=O) groups is 1. The molecule has 0 saturated heterocycles. The molecule has 0 spiro atoms. The Bertz CT molecular complexity index is 994. The first kappa shape index (κ1) is 15.7. The van der Waals surface area contributed by atoms with E-state index in [2.05, 4.69) is 0 Å². The fourth-order valence-corrected chi connectivity index (χ4v) is 2.21. The van der Waals surface area contributed by atoms with Crippen molar-refractivity contribution in [3.63, 3.8) is 0 Å². The van der Waals surface area contributed by atoms with Gasteiger partial charge in [0.25, 0.3) is 0 Å². The van der Waals surface area contributed by atoms with Crippen molar-refractivity contribution in [2.24, 2.45) is 0 Å². The average Bonchev–Trinajstić information content (AvgIpc) is 2.51. The van der Waals surface area contributed by atoms with E-state index in [1.807, 2.05) is 0 Å². The summed E-state index contributed by atoms with van der Waals surface area (Å²) in [5.74, 6) is -2.93. The number of benzene rings is 2. The minimum atomic E-state index is -1.04. The highest BCUT2D eigenvalue weighted by molar-refractivity contribution is 5.90. The van der Waals surface area contributed by atoms with E-state index in [0.717, 1.165) is 18.2 Å². The second-order valence-corrected chi connectivity index (χ2v) is 4.97. The van der Waals surface area contributed by atoms with E-state index in [1.54, 1.807) is 0 Å². The van der Waals surface area contributed by atoms with Crippen molar-refractivity contribution in [2.75, 3.05) is 0 Å². The van der Waals surface area contributed by atoms with Crippen LogP contribution in [0.15, 0.2) is 51.7 Å². The minimum absolute atomic E-state index is 0.0896. The minimum Gasteiger partial charge on any atom is -0.508 e. The maximum atomic E-state index is 13.6. The summed E-state index contributed by atoms with van der Waals surface area (Å²) in [5, 5.41) is 9.87. The SMILES string of the molecule is O=C(OCc1cc(=O)oc2cc(O)ccc12)c1ccc(F)cc1F. The van der Waals surface area contributed by atoms with Gasteiger partial charge in [0.1, 0.15) is 29.6 Å². The molecule has 0 atom stereocenters. The maximum Gasteiger partial charge on any atom is 0.341 e. The summed E-state index contributed by atoms with van der Waals surface area (Å²) in [6, 6.07) is 7.75. The molecular weight excluding hydrogens is 322 g/mol. The molecule has 7 heteroatoms. The van der Waals surface area contributed by atoms with Gasteiger partial charge in [-0.2, -0.15) is 0 Å². The summed E-state index contributed by atoms with van der Waals surface area (Å²) in [5.41, 5.74) is -0.646. The molecule has 1 N–H and O–H groups in total. The standard InChI is InChI=1S/C17H10F2O5/c18-10-1-3-13(14(19)6-10)17(22)23-8-9-5-16(21)24-15-7-11(20)2-4-12(9)15/h1-7,20H,8H2. The molecule has 0 saturated carbocycles. The molecule has 3 aromatic rings. The predicted octanol–water partition coefficient (Wildman–Crippen LogP) is 3.13. The lowest BCUT2D eigenvalue weighted by Gasteiger charge is -2.08. The molecule has 5 nitrogen and oxygen atoms in total. The third-order valence-electron chi connectivity index (χ3n) is 3.32. The zero-order valence-corrected chi connectivity index (χ0v) is 12.1. The molecule has 0 radical (unpaired) electrons. The van der Waals surface area contributed by atoms with Gasteiger partial charge < -0.3 is 14.3 Å². The summed E-state index contributed by atoms with van der Waals surface area (Å²) in [6.07, 6.45) is 0. The number of aromatic hydroxyl groups is 1. The zero-order chi connectivity index (χ0) is 17.3. The van der Waals surface area contributed by atoms with Crippen molar-refractivity contribution in [3.8, 4) is 5.75 Å². The fourth-order valence-electron chi connectivity index (χ4n) is 2.21. The van der Waals surface area contributed by atoms with Crippen LogP contribution in [0.3, 0.4) is 0 Å². The van der Waals surface area contributed by atoms with Crippen molar-refractivity contribution < 1.29 is 27.8 Å². The van der Waals surface area contributed by atoms with E-state index < -0.39 is 28.8 Å². The van der Waals surface area contributed by atoms with Gasteiger partial charge in [0, 0.05) is 29.1 Å². The van der Waals surface area contributed by atoms with E-state index >= 15 is 0 Å². The number of ether oxygens (including phenoxy) is 1. The Morgan fingerprint density at radius 1 is 1.12 bits per heavy atom. The van der Waals surface area contributed by atoms with Crippen LogP contribution in [0.2, 0.25) is 0 Å². The van der Waals surface area contributed by atoms with Crippen LogP contribution < -0.4 is 5.63 Å². The molecule has 0 unspecified atom stereocenters. The van der Waals surface area contributed by atoms with Crippen molar-refractivity contribution in [1.82, 2.24) is 0 Å². The Labute approximate surface area is 133 Å². The van der Waals surface area contributed by atoms with E-state index in [9.17, 15) is 23.5 Å². The van der Waals surface area contributed by atoms with Gasteiger partial charge in [0.05, 0.1) is 5.56 Å². The number of halogens is 2. The smallest absolute Gasteiger partial charge is 0.341 e. The molecule has 0 aliphatic rings. The largest absolute Gasteiger partial charge is 0.508 e. The van der Waals surface area contributed by atoms with Gasteiger partial charge in [-0.3, -0.25) is 0 Å². The number of hydrogen-bond acceptors (Lipinski definition) is 5. The van der Waals surface area contributed by atoms with Crippen LogP contribution in [0.5, 0.6) is 5.75 Å². The van der Waals surface area contributed by atoms with Crippen LogP contribution in [0, 0.1) is 11.6 Å². The quantitative estimate of drug-likeness (QED) is 0.589. The molecule has 122 valence electrons. The van der Waals surface area contributed by atoms with Crippen molar-refractivity contribution in [3.05, 3.63) is 75.6 Å². The lowest BCUT2D eigenvalue weighted by Crippen LogP contribution is -2.09. The monoisotopic (exact) mass is 332 g/mol. The molecule has 24 heavy (non-hydrogen) atoms. The van der Waals surface area contributed by atoms with Crippen LogP contribution in [-0.2, 0) is 11.3 Å². The van der Waals surface area contributed by atoms with Crippen molar-refractivity contribution in [1.29, 1.82) is 0 Å². The molecule has 0 aliphatic heterocycles. The van der Waals surface area contributed by atoms with E-state index in [0.29, 0.717) is 17.0 Å². The summed E-state index contributed by atoms with van der Waals surface area (Å²) in [7, 11) is 0. The van der Waals surface area contributed by atoms with Gasteiger partial charge in [0.15, 0.2) is 0 Å². The van der Waals surface area contributed by atoms with E-state index in [1.165, 1.54) is 18.2 Å². The first-order chi connectivity index (χ1) is 11.4. The third-order valence-corrected chi connectivity index (χ3v) is 3.32. The zero-order valence-electron chi connectivity index (χ0n) is 12.1. The molecule has 0 bridgehead atoms. The Morgan fingerprint density at radius 2 is 1.92 bits per heavy atom. The number of carbonyl (C=O) groups excluding carboxylic acids is 1. The highest BCUT2D eigenvalue weighted by Crippen LogP contribution is 2.22. The highest BCUT2D eigenvalue weighted by atomic mass is 19.1. The maximum absolute atomic E-state index is 13.6. The van der Waals surface area contributed by atoms with Crippen LogP contribution in [0.1, 0.15) is 15.9 Å². The number of esters is 1. The molecule has 3 rings (SSSR count). The first-order valence-corrected chi connectivity index (χ1v) is 6.82. The van der Waals surface area contributed by atoms with E-state index in [-0.39, 0.29) is 17.9 Å².